The minimum Gasteiger partial charge on any atom is -0.393 e. The lowest BCUT2D eigenvalue weighted by Gasteiger charge is -2.20. The Bertz CT molecular complexity index is 450. The molecule has 1 aliphatic heterocycles. The van der Waals surface area contributed by atoms with Gasteiger partial charge >= 0.3 is 0 Å². The van der Waals surface area contributed by atoms with Crippen LogP contribution >= 0.6 is 0 Å². The molecular formula is C13H17N3O. The standard InChI is InChI=1S/C13H17N3O/c1-9-3-5-15-13(12(9)7-14)16-6-4-11(8-16)10(2)17/h3,5,10-11,17H,4,6,8H2,1-2H3. The SMILES string of the molecule is Cc1ccnc(N2CCC(C(C)O)C2)c1C#N. The van der Waals surface area contributed by atoms with Crippen LogP contribution < -0.4 is 4.90 Å². The largest absolute Gasteiger partial charge is 0.393 e. The van der Waals surface area contributed by atoms with Crippen LogP contribution in [0.1, 0.15) is 24.5 Å². The molecule has 1 aromatic rings. The van der Waals surface area contributed by atoms with Gasteiger partial charge in [0.2, 0.25) is 0 Å². The van der Waals surface area contributed by atoms with Crippen molar-refractivity contribution in [2.75, 3.05) is 18.0 Å². The Morgan fingerprint density at radius 1 is 1.65 bits per heavy atom. The third kappa shape index (κ3) is 2.25. The lowest BCUT2D eigenvalue weighted by atomic mass is 10.0. The highest BCUT2D eigenvalue weighted by atomic mass is 16.3. The van der Waals surface area contributed by atoms with Crippen LogP contribution in [0.2, 0.25) is 0 Å². The van der Waals surface area contributed by atoms with Gasteiger partial charge in [0.05, 0.1) is 11.7 Å². The summed E-state index contributed by atoms with van der Waals surface area (Å²) >= 11 is 0. The Morgan fingerprint density at radius 2 is 2.41 bits per heavy atom. The van der Waals surface area contributed by atoms with Crippen molar-refractivity contribution in [3.63, 3.8) is 0 Å². The Morgan fingerprint density at radius 3 is 3.00 bits per heavy atom. The topological polar surface area (TPSA) is 60.1 Å². The van der Waals surface area contributed by atoms with Crippen molar-refractivity contribution in [3.8, 4) is 6.07 Å². The van der Waals surface area contributed by atoms with Crippen molar-refractivity contribution in [2.24, 2.45) is 5.92 Å². The van der Waals surface area contributed by atoms with Gasteiger partial charge in [0.1, 0.15) is 11.9 Å². The van der Waals surface area contributed by atoms with Crippen molar-refractivity contribution in [1.82, 2.24) is 4.98 Å². The fourth-order valence-corrected chi connectivity index (χ4v) is 2.30. The molecule has 2 atom stereocenters. The van der Waals surface area contributed by atoms with E-state index < -0.39 is 0 Å². The van der Waals surface area contributed by atoms with Gasteiger partial charge in [0.25, 0.3) is 0 Å². The monoisotopic (exact) mass is 231 g/mol. The fourth-order valence-electron chi connectivity index (χ4n) is 2.30. The van der Waals surface area contributed by atoms with Gasteiger partial charge in [-0.1, -0.05) is 0 Å². The Kier molecular flexibility index (Phi) is 3.30. The van der Waals surface area contributed by atoms with Gasteiger partial charge in [0, 0.05) is 25.2 Å². The zero-order valence-electron chi connectivity index (χ0n) is 10.2. The highest BCUT2D eigenvalue weighted by Crippen LogP contribution is 2.27. The van der Waals surface area contributed by atoms with E-state index in [4.69, 9.17) is 5.26 Å². The number of nitriles is 1. The lowest BCUT2D eigenvalue weighted by Crippen LogP contribution is -2.25. The summed E-state index contributed by atoms with van der Waals surface area (Å²) in [5.74, 6) is 1.04. The summed E-state index contributed by atoms with van der Waals surface area (Å²) in [5.41, 5.74) is 1.61. The van der Waals surface area contributed by atoms with Crippen molar-refractivity contribution in [2.45, 2.75) is 26.4 Å². The normalized spacial score (nSPS) is 21.3. The minimum absolute atomic E-state index is 0.281. The van der Waals surface area contributed by atoms with Gasteiger partial charge < -0.3 is 10.0 Å². The molecule has 0 radical (unpaired) electrons. The van der Waals surface area contributed by atoms with Crippen LogP contribution in [0.3, 0.4) is 0 Å². The molecule has 4 nitrogen and oxygen atoms in total. The van der Waals surface area contributed by atoms with E-state index in [-0.39, 0.29) is 12.0 Å². The first-order valence-corrected chi connectivity index (χ1v) is 5.92. The molecule has 0 aliphatic carbocycles. The van der Waals surface area contributed by atoms with E-state index in [2.05, 4.69) is 16.0 Å². The van der Waals surface area contributed by atoms with Gasteiger partial charge in [0.15, 0.2) is 0 Å². The zero-order valence-corrected chi connectivity index (χ0v) is 10.2. The van der Waals surface area contributed by atoms with E-state index in [9.17, 15) is 5.11 Å². The predicted molar refractivity (Wildman–Crippen MR) is 65.7 cm³/mol. The summed E-state index contributed by atoms with van der Waals surface area (Å²) in [4.78, 5) is 6.41. The first kappa shape index (κ1) is 11.9. The second kappa shape index (κ2) is 4.72. The second-order valence-corrected chi connectivity index (χ2v) is 4.67. The summed E-state index contributed by atoms with van der Waals surface area (Å²) in [7, 11) is 0. The number of anilines is 1. The molecule has 0 spiro atoms. The van der Waals surface area contributed by atoms with E-state index in [1.807, 2.05) is 19.9 Å². The van der Waals surface area contributed by atoms with Crippen LogP contribution in [-0.2, 0) is 0 Å². The van der Waals surface area contributed by atoms with Crippen LogP contribution in [-0.4, -0.2) is 29.3 Å². The molecule has 1 saturated heterocycles. The summed E-state index contributed by atoms with van der Waals surface area (Å²) in [6.07, 6.45) is 2.40. The molecule has 1 aliphatic rings. The molecule has 0 amide bonds. The van der Waals surface area contributed by atoms with Gasteiger partial charge in [-0.25, -0.2) is 4.98 Å². The van der Waals surface area contributed by atoms with E-state index in [0.29, 0.717) is 5.56 Å². The zero-order chi connectivity index (χ0) is 12.4. The van der Waals surface area contributed by atoms with Gasteiger partial charge in [-0.3, -0.25) is 0 Å². The molecule has 1 aromatic heterocycles. The Hall–Kier alpha value is -1.60. The predicted octanol–water partition coefficient (Wildman–Crippen LogP) is 1.47. The van der Waals surface area contributed by atoms with Crippen molar-refractivity contribution >= 4 is 5.82 Å². The molecule has 2 heterocycles. The molecule has 17 heavy (non-hydrogen) atoms. The maximum atomic E-state index is 9.59. The fraction of sp³-hybridized carbons (Fsp3) is 0.538. The number of aliphatic hydroxyl groups excluding tert-OH is 1. The molecule has 0 aromatic carbocycles. The van der Waals surface area contributed by atoms with Crippen LogP contribution in [0.4, 0.5) is 5.82 Å². The third-order valence-electron chi connectivity index (χ3n) is 3.46. The Balaban J connectivity index is 2.25. The highest BCUT2D eigenvalue weighted by molar-refractivity contribution is 5.57. The molecule has 1 N–H and O–H groups in total. The average molecular weight is 231 g/mol. The molecule has 0 bridgehead atoms. The number of aryl methyl sites for hydroxylation is 1. The van der Waals surface area contributed by atoms with Crippen molar-refractivity contribution in [1.29, 1.82) is 5.26 Å². The number of pyridine rings is 1. The average Bonchev–Trinajstić information content (AvgIpc) is 2.77. The van der Waals surface area contributed by atoms with E-state index in [1.165, 1.54) is 0 Å². The maximum Gasteiger partial charge on any atom is 0.146 e. The first-order valence-electron chi connectivity index (χ1n) is 5.92. The second-order valence-electron chi connectivity index (χ2n) is 4.67. The van der Waals surface area contributed by atoms with E-state index in [1.54, 1.807) is 6.20 Å². The quantitative estimate of drug-likeness (QED) is 0.837. The molecular weight excluding hydrogens is 214 g/mol. The van der Waals surface area contributed by atoms with Crippen LogP contribution in [0.25, 0.3) is 0 Å². The number of hydrogen-bond acceptors (Lipinski definition) is 4. The maximum absolute atomic E-state index is 9.59. The smallest absolute Gasteiger partial charge is 0.146 e. The minimum atomic E-state index is -0.296. The molecule has 90 valence electrons. The summed E-state index contributed by atoms with van der Waals surface area (Å²) in [6, 6.07) is 4.07. The number of rotatable bonds is 2. The Labute approximate surface area is 102 Å². The lowest BCUT2D eigenvalue weighted by molar-refractivity contribution is 0.136. The van der Waals surface area contributed by atoms with Crippen molar-refractivity contribution in [3.05, 3.63) is 23.4 Å². The van der Waals surface area contributed by atoms with Crippen molar-refractivity contribution < 1.29 is 5.11 Å². The van der Waals surface area contributed by atoms with Crippen LogP contribution in [0.5, 0.6) is 0 Å². The number of aromatic nitrogens is 1. The van der Waals surface area contributed by atoms with Gasteiger partial charge in [-0.2, -0.15) is 5.26 Å². The van der Waals surface area contributed by atoms with Gasteiger partial charge in [-0.15, -0.1) is 0 Å². The number of aliphatic hydroxyl groups is 1. The van der Waals surface area contributed by atoms with Crippen LogP contribution in [0.15, 0.2) is 12.3 Å². The number of hydrogen-bond donors (Lipinski definition) is 1. The van der Waals surface area contributed by atoms with Crippen LogP contribution in [0, 0.1) is 24.2 Å². The molecule has 2 rings (SSSR count). The third-order valence-corrected chi connectivity index (χ3v) is 3.46. The summed E-state index contributed by atoms with van der Waals surface area (Å²) in [6.45, 7) is 5.39. The van der Waals surface area contributed by atoms with Gasteiger partial charge in [-0.05, 0) is 31.9 Å². The summed E-state index contributed by atoms with van der Waals surface area (Å²) in [5, 5.41) is 18.8. The number of nitrogens with zero attached hydrogens (tertiary/aromatic N) is 3. The molecule has 1 fully saturated rings. The molecule has 2 unspecified atom stereocenters. The first-order chi connectivity index (χ1) is 8.13. The molecule has 4 heteroatoms. The highest BCUT2D eigenvalue weighted by Gasteiger charge is 2.28. The van der Waals surface area contributed by atoms with E-state index in [0.717, 1.165) is 30.9 Å². The van der Waals surface area contributed by atoms with E-state index >= 15 is 0 Å². The summed E-state index contributed by atoms with van der Waals surface area (Å²) < 4.78 is 0. The molecule has 0 saturated carbocycles.